The van der Waals surface area contributed by atoms with Gasteiger partial charge in [-0.15, -0.1) is 11.3 Å². The van der Waals surface area contributed by atoms with Gasteiger partial charge in [-0.25, -0.2) is 4.98 Å². The average molecular weight is 302 g/mol. The first kappa shape index (κ1) is 15.0. The van der Waals surface area contributed by atoms with Crippen molar-refractivity contribution >= 4 is 21.6 Å². The smallest absolute Gasteiger partial charge is 0.0951 e. The van der Waals surface area contributed by atoms with Crippen LogP contribution in [0.15, 0.2) is 24.3 Å². The van der Waals surface area contributed by atoms with Gasteiger partial charge in [-0.05, 0) is 42.7 Å². The lowest BCUT2D eigenvalue weighted by atomic mass is 9.70. The monoisotopic (exact) mass is 302 g/mol. The number of para-hydroxylation sites is 1. The summed E-state index contributed by atoms with van der Waals surface area (Å²) in [6.07, 6.45) is 5.04. The Bertz CT molecular complexity index is 569. The van der Waals surface area contributed by atoms with Crippen molar-refractivity contribution < 1.29 is 0 Å². The van der Waals surface area contributed by atoms with E-state index in [1.54, 1.807) is 0 Å². The number of hydrogen-bond donors (Lipinski definition) is 1. The molecule has 21 heavy (non-hydrogen) atoms. The number of hydrogen-bond acceptors (Lipinski definition) is 3. The highest BCUT2D eigenvalue weighted by Crippen LogP contribution is 2.38. The van der Waals surface area contributed by atoms with Crippen LogP contribution >= 0.6 is 11.3 Å². The molecule has 1 fully saturated rings. The summed E-state index contributed by atoms with van der Waals surface area (Å²) in [6, 6.07) is 9.10. The van der Waals surface area contributed by atoms with Crippen LogP contribution in [0.1, 0.15) is 45.0 Å². The maximum atomic E-state index is 4.72. The van der Waals surface area contributed by atoms with Gasteiger partial charge in [0, 0.05) is 19.0 Å². The SMILES string of the molecule is CC1CC(NCCc2nc3ccccc3s2)CC(C)(C)C1. The van der Waals surface area contributed by atoms with Gasteiger partial charge in [0.05, 0.1) is 15.2 Å². The molecule has 2 unspecified atom stereocenters. The number of thiazole rings is 1. The second kappa shape index (κ2) is 6.05. The van der Waals surface area contributed by atoms with Gasteiger partial charge in [0.2, 0.25) is 0 Å². The molecule has 1 aromatic heterocycles. The minimum absolute atomic E-state index is 0.491. The maximum Gasteiger partial charge on any atom is 0.0951 e. The molecule has 1 aliphatic rings. The van der Waals surface area contributed by atoms with Crippen LogP contribution in [0.5, 0.6) is 0 Å². The number of nitrogens with zero attached hydrogens (tertiary/aromatic N) is 1. The molecule has 3 rings (SSSR count). The molecule has 0 spiro atoms. The van der Waals surface area contributed by atoms with Crippen molar-refractivity contribution in [1.29, 1.82) is 0 Å². The van der Waals surface area contributed by atoms with Crippen LogP contribution in [0.25, 0.3) is 10.2 Å². The minimum atomic E-state index is 0.491. The molecule has 0 bridgehead atoms. The third kappa shape index (κ3) is 3.83. The largest absolute Gasteiger partial charge is 0.314 e. The quantitative estimate of drug-likeness (QED) is 0.889. The molecule has 0 amide bonds. The molecule has 2 atom stereocenters. The zero-order valence-corrected chi connectivity index (χ0v) is 14.2. The number of aromatic nitrogens is 1. The van der Waals surface area contributed by atoms with E-state index in [1.165, 1.54) is 29.0 Å². The molecular weight excluding hydrogens is 276 g/mol. The molecule has 114 valence electrons. The first-order chi connectivity index (χ1) is 10.0. The summed E-state index contributed by atoms with van der Waals surface area (Å²) >= 11 is 1.83. The van der Waals surface area contributed by atoms with Crippen LogP contribution in [0.4, 0.5) is 0 Å². The lowest BCUT2D eigenvalue weighted by Gasteiger charge is -2.39. The van der Waals surface area contributed by atoms with Crippen molar-refractivity contribution in [3.8, 4) is 0 Å². The molecule has 1 N–H and O–H groups in total. The van der Waals surface area contributed by atoms with Crippen molar-refractivity contribution in [1.82, 2.24) is 10.3 Å². The van der Waals surface area contributed by atoms with Crippen molar-refractivity contribution in [2.45, 2.75) is 52.5 Å². The molecule has 0 radical (unpaired) electrons. The van der Waals surface area contributed by atoms with E-state index < -0.39 is 0 Å². The number of rotatable bonds is 4. The van der Waals surface area contributed by atoms with Crippen molar-refractivity contribution in [2.24, 2.45) is 11.3 Å². The normalized spacial score (nSPS) is 25.3. The molecule has 1 aliphatic carbocycles. The Balaban J connectivity index is 1.53. The van der Waals surface area contributed by atoms with Gasteiger partial charge in [-0.1, -0.05) is 32.9 Å². The third-order valence-corrected chi connectivity index (χ3v) is 5.59. The van der Waals surface area contributed by atoms with Gasteiger partial charge in [-0.3, -0.25) is 0 Å². The van der Waals surface area contributed by atoms with Crippen LogP contribution in [-0.4, -0.2) is 17.6 Å². The fourth-order valence-corrected chi connectivity index (χ4v) is 4.88. The summed E-state index contributed by atoms with van der Waals surface area (Å²) < 4.78 is 1.31. The van der Waals surface area contributed by atoms with Gasteiger partial charge >= 0.3 is 0 Å². The molecule has 2 nitrogen and oxygen atoms in total. The standard InChI is InChI=1S/C18H26N2S/c1-13-10-14(12-18(2,3)11-13)19-9-8-17-20-15-6-4-5-7-16(15)21-17/h4-7,13-14,19H,8-12H2,1-3H3. The third-order valence-electron chi connectivity index (χ3n) is 4.50. The zero-order chi connectivity index (χ0) is 14.9. The van der Waals surface area contributed by atoms with Gasteiger partial charge in [0.15, 0.2) is 0 Å². The molecule has 1 saturated carbocycles. The minimum Gasteiger partial charge on any atom is -0.314 e. The topological polar surface area (TPSA) is 24.9 Å². The number of benzene rings is 1. The maximum absolute atomic E-state index is 4.72. The second-order valence-electron chi connectivity index (χ2n) is 7.39. The molecule has 1 aromatic carbocycles. The van der Waals surface area contributed by atoms with Gasteiger partial charge < -0.3 is 5.32 Å². The summed E-state index contributed by atoms with van der Waals surface area (Å²) in [7, 11) is 0. The van der Waals surface area contributed by atoms with E-state index in [-0.39, 0.29) is 0 Å². The number of fused-ring (bicyclic) bond motifs is 1. The highest BCUT2D eigenvalue weighted by atomic mass is 32.1. The van der Waals surface area contributed by atoms with E-state index in [1.807, 2.05) is 11.3 Å². The molecular formula is C18H26N2S. The fraction of sp³-hybridized carbons (Fsp3) is 0.611. The lowest BCUT2D eigenvalue weighted by Crippen LogP contribution is -2.40. The molecule has 0 aliphatic heterocycles. The highest BCUT2D eigenvalue weighted by Gasteiger charge is 2.31. The average Bonchev–Trinajstić information content (AvgIpc) is 2.78. The van der Waals surface area contributed by atoms with E-state index in [4.69, 9.17) is 4.98 Å². The first-order valence-corrected chi connectivity index (χ1v) is 8.91. The summed E-state index contributed by atoms with van der Waals surface area (Å²) in [6.45, 7) is 8.26. The summed E-state index contributed by atoms with van der Waals surface area (Å²) in [4.78, 5) is 4.72. The van der Waals surface area contributed by atoms with Crippen molar-refractivity contribution in [2.75, 3.05) is 6.54 Å². The summed E-state index contributed by atoms with van der Waals surface area (Å²) in [5.41, 5.74) is 1.63. The molecule has 1 heterocycles. The summed E-state index contributed by atoms with van der Waals surface area (Å²) in [5.74, 6) is 0.841. The first-order valence-electron chi connectivity index (χ1n) is 8.10. The molecule has 0 saturated heterocycles. The summed E-state index contributed by atoms with van der Waals surface area (Å²) in [5, 5.41) is 5.02. The van der Waals surface area contributed by atoms with Crippen LogP contribution in [0.3, 0.4) is 0 Å². The van der Waals surface area contributed by atoms with Gasteiger partial charge in [0.1, 0.15) is 0 Å². The Morgan fingerprint density at radius 1 is 1.29 bits per heavy atom. The van der Waals surface area contributed by atoms with Crippen molar-refractivity contribution in [3.05, 3.63) is 29.3 Å². The van der Waals surface area contributed by atoms with E-state index in [2.05, 4.69) is 50.4 Å². The highest BCUT2D eigenvalue weighted by molar-refractivity contribution is 7.18. The van der Waals surface area contributed by atoms with Crippen LogP contribution in [0.2, 0.25) is 0 Å². The Morgan fingerprint density at radius 3 is 2.86 bits per heavy atom. The van der Waals surface area contributed by atoms with E-state index in [0.717, 1.165) is 24.4 Å². The Morgan fingerprint density at radius 2 is 2.10 bits per heavy atom. The predicted molar refractivity (Wildman–Crippen MR) is 91.9 cm³/mol. The lowest BCUT2D eigenvalue weighted by molar-refractivity contribution is 0.152. The van der Waals surface area contributed by atoms with Crippen LogP contribution in [0, 0.1) is 11.3 Å². The van der Waals surface area contributed by atoms with Gasteiger partial charge in [-0.2, -0.15) is 0 Å². The fourth-order valence-electron chi connectivity index (χ4n) is 3.91. The Kier molecular flexibility index (Phi) is 4.32. The van der Waals surface area contributed by atoms with Crippen molar-refractivity contribution in [3.63, 3.8) is 0 Å². The zero-order valence-electron chi connectivity index (χ0n) is 13.4. The van der Waals surface area contributed by atoms with E-state index >= 15 is 0 Å². The Hall–Kier alpha value is -0.930. The Labute approximate surface area is 132 Å². The number of nitrogens with one attached hydrogen (secondary N) is 1. The van der Waals surface area contributed by atoms with Crippen LogP contribution in [-0.2, 0) is 6.42 Å². The van der Waals surface area contributed by atoms with E-state index in [9.17, 15) is 0 Å². The van der Waals surface area contributed by atoms with Gasteiger partial charge in [0.25, 0.3) is 0 Å². The van der Waals surface area contributed by atoms with Crippen LogP contribution < -0.4 is 5.32 Å². The molecule has 3 heteroatoms. The van der Waals surface area contributed by atoms with E-state index in [0.29, 0.717) is 11.5 Å². The second-order valence-corrected chi connectivity index (χ2v) is 8.50. The molecule has 2 aromatic rings. The predicted octanol–water partition coefficient (Wildman–Crippen LogP) is 4.64.